The Bertz CT molecular complexity index is 1590. The summed E-state index contributed by atoms with van der Waals surface area (Å²) in [5.41, 5.74) is 1.47. The average Bonchev–Trinajstić information content (AvgIpc) is 3.62. The second-order valence-electron chi connectivity index (χ2n) is 9.66. The van der Waals surface area contributed by atoms with Gasteiger partial charge in [-0.25, -0.2) is 0 Å². The van der Waals surface area contributed by atoms with E-state index in [-0.39, 0.29) is 17.3 Å². The van der Waals surface area contributed by atoms with E-state index in [1.165, 1.54) is 6.26 Å². The molecule has 7 rings (SSSR count). The van der Waals surface area contributed by atoms with Gasteiger partial charge in [0.15, 0.2) is 17.3 Å². The summed E-state index contributed by atoms with van der Waals surface area (Å²) in [4.78, 5) is 45.2. The Morgan fingerprint density at radius 2 is 1.57 bits per heavy atom. The van der Waals surface area contributed by atoms with Gasteiger partial charge in [-0.15, -0.1) is 0 Å². The maximum atomic E-state index is 14.4. The molecule has 1 spiro atoms. The van der Waals surface area contributed by atoms with E-state index in [2.05, 4.69) is 15.9 Å². The first kappa shape index (κ1) is 22.2. The number of carbonyl (C=O) groups is 3. The Morgan fingerprint density at radius 3 is 2.24 bits per heavy atom. The average molecular weight is 550 g/mol. The lowest BCUT2D eigenvalue weighted by Gasteiger charge is -2.37. The fourth-order valence-electron chi connectivity index (χ4n) is 6.50. The van der Waals surface area contributed by atoms with E-state index in [0.29, 0.717) is 22.5 Å². The van der Waals surface area contributed by atoms with Crippen LogP contribution in [0.2, 0.25) is 0 Å². The van der Waals surface area contributed by atoms with Gasteiger partial charge in [0.1, 0.15) is 17.2 Å². The number of furan rings is 1. The summed E-state index contributed by atoms with van der Waals surface area (Å²) in [6.45, 7) is 0. The van der Waals surface area contributed by atoms with Crippen LogP contribution in [0.1, 0.15) is 48.3 Å². The molecule has 1 aliphatic carbocycles. The van der Waals surface area contributed by atoms with E-state index in [9.17, 15) is 14.4 Å². The zero-order valence-corrected chi connectivity index (χ0v) is 21.1. The highest BCUT2D eigenvalue weighted by Gasteiger charge is 2.72. The first-order valence-electron chi connectivity index (χ1n) is 12.1. The van der Waals surface area contributed by atoms with Gasteiger partial charge < -0.3 is 9.32 Å². The predicted molar refractivity (Wildman–Crippen MR) is 143 cm³/mol. The molecule has 1 aromatic heterocycles. The molecule has 1 saturated heterocycles. The maximum absolute atomic E-state index is 14.4. The number of halogens is 1. The van der Waals surface area contributed by atoms with Crippen molar-refractivity contribution in [2.45, 2.75) is 18.0 Å². The van der Waals surface area contributed by atoms with E-state index in [4.69, 9.17) is 4.42 Å². The molecular weight excluding hydrogens is 530 g/mol. The van der Waals surface area contributed by atoms with Crippen molar-refractivity contribution in [2.24, 2.45) is 5.41 Å². The van der Waals surface area contributed by atoms with E-state index in [1.54, 1.807) is 48.5 Å². The Morgan fingerprint density at radius 1 is 0.865 bits per heavy atom. The summed E-state index contributed by atoms with van der Waals surface area (Å²) in [7, 11) is 0. The molecule has 37 heavy (non-hydrogen) atoms. The third-order valence-corrected chi connectivity index (χ3v) is 8.44. The fraction of sp³-hybridized carbons (Fsp3) is 0.129. The van der Waals surface area contributed by atoms with Crippen molar-refractivity contribution < 1.29 is 18.8 Å². The monoisotopic (exact) mass is 549 g/mol. The van der Waals surface area contributed by atoms with Gasteiger partial charge in [0.05, 0.1) is 18.2 Å². The van der Waals surface area contributed by atoms with Gasteiger partial charge in [-0.3, -0.25) is 14.4 Å². The molecule has 0 radical (unpaired) electrons. The summed E-state index contributed by atoms with van der Waals surface area (Å²) in [6, 6.07) is 23.8. The highest BCUT2D eigenvalue weighted by atomic mass is 79.9. The summed E-state index contributed by atoms with van der Waals surface area (Å²) < 4.78 is 6.81. The van der Waals surface area contributed by atoms with Gasteiger partial charge >= 0.3 is 0 Å². The minimum absolute atomic E-state index is 0.162. The van der Waals surface area contributed by atoms with E-state index in [0.717, 1.165) is 15.7 Å². The zero-order chi connectivity index (χ0) is 25.3. The number of hydrogen-bond donors (Lipinski definition) is 0. The molecule has 5 nitrogen and oxygen atoms in total. The molecule has 0 amide bonds. The van der Waals surface area contributed by atoms with Crippen molar-refractivity contribution in [3.63, 3.8) is 0 Å². The Labute approximate surface area is 221 Å². The summed E-state index contributed by atoms with van der Waals surface area (Å²) in [5, 5.41) is 0. The number of hydrogen-bond acceptors (Lipinski definition) is 5. The lowest BCUT2D eigenvalue weighted by molar-refractivity contribution is 0.0652. The van der Waals surface area contributed by atoms with Gasteiger partial charge in [0.25, 0.3) is 0 Å². The van der Waals surface area contributed by atoms with E-state index < -0.39 is 23.4 Å². The molecule has 0 unspecified atom stereocenters. The number of fused-ring (bicyclic) bond motifs is 5. The first-order chi connectivity index (χ1) is 18.0. The largest absolute Gasteiger partial charge is 0.469 e. The van der Waals surface area contributed by atoms with Crippen LogP contribution >= 0.6 is 15.9 Å². The van der Waals surface area contributed by atoms with Gasteiger partial charge in [0.2, 0.25) is 0 Å². The molecule has 0 N–H and O–H groups in total. The lowest BCUT2D eigenvalue weighted by atomic mass is 9.65. The second kappa shape index (κ2) is 7.98. The number of nitrogens with zero attached hydrogens (tertiary/aromatic N) is 1. The van der Waals surface area contributed by atoms with Crippen molar-refractivity contribution in [1.82, 2.24) is 0 Å². The summed E-state index contributed by atoms with van der Waals surface area (Å²) in [5.74, 6) is -1.07. The SMILES string of the molecule is O=C(c1ccccc1)[C@H]1[C@H](c2ccco2)C2(C(=O)c3ccccc3C2=O)[C@@H]2C=Cc3cc(Br)ccc3N21. The number of carbonyl (C=O) groups excluding carboxylic acids is 3. The van der Waals surface area contributed by atoms with Crippen molar-refractivity contribution in [3.05, 3.63) is 130 Å². The third-order valence-electron chi connectivity index (χ3n) is 7.94. The number of benzene rings is 3. The van der Waals surface area contributed by atoms with Gasteiger partial charge in [-0.2, -0.15) is 0 Å². The fourth-order valence-corrected chi connectivity index (χ4v) is 6.88. The van der Waals surface area contributed by atoms with Crippen molar-refractivity contribution in [2.75, 3.05) is 4.90 Å². The molecule has 1 fully saturated rings. The minimum atomic E-state index is -1.54. The number of rotatable bonds is 3. The van der Waals surface area contributed by atoms with Crippen LogP contribution in [0, 0.1) is 5.41 Å². The number of Topliss-reactive ketones (excluding diaryl/α,β-unsaturated/α-hetero) is 3. The van der Waals surface area contributed by atoms with Crippen molar-refractivity contribution >= 4 is 45.0 Å². The Kier molecular flexibility index (Phi) is 4.79. The topological polar surface area (TPSA) is 67.6 Å². The Hall–Kier alpha value is -4.03. The number of anilines is 1. The predicted octanol–water partition coefficient (Wildman–Crippen LogP) is 6.36. The quantitative estimate of drug-likeness (QED) is 0.220. The molecule has 6 heteroatoms. The molecular formula is C31H20BrNO4. The van der Waals surface area contributed by atoms with Crippen LogP contribution in [-0.2, 0) is 0 Å². The molecule has 180 valence electrons. The van der Waals surface area contributed by atoms with Crippen LogP contribution in [0.25, 0.3) is 6.08 Å². The second-order valence-corrected chi connectivity index (χ2v) is 10.6. The van der Waals surface area contributed by atoms with Crippen LogP contribution in [-0.4, -0.2) is 29.4 Å². The van der Waals surface area contributed by atoms with Crippen LogP contribution in [0.15, 0.2) is 106 Å². The van der Waals surface area contributed by atoms with Crippen LogP contribution in [0.3, 0.4) is 0 Å². The molecule has 3 heterocycles. The van der Waals surface area contributed by atoms with Gasteiger partial charge in [0, 0.05) is 26.9 Å². The smallest absolute Gasteiger partial charge is 0.186 e. The van der Waals surface area contributed by atoms with E-state index >= 15 is 0 Å². The number of ketones is 3. The maximum Gasteiger partial charge on any atom is 0.186 e. The Balaban J connectivity index is 1.55. The molecule has 0 saturated carbocycles. The van der Waals surface area contributed by atoms with Gasteiger partial charge in [-0.1, -0.05) is 82.7 Å². The summed E-state index contributed by atoms with van der Waals surface area (Å²) in [6.07, 6.45) is 5.38. The highest BCUT2D eigenvalue weighted by molar-refractivity contribution is 9.10. The molecule has 2 aliphatic heterocycles. The molecule has 3 aliphatic rings. The molecule has 0 bridgehead atoms. The van der Waals surface area contributed by atoms with Crippen molar-refractivity contribution in [1.29, 1.82) is 0 Å². The molecule has 3 atom stereocenters. The zero-order valence-electron chi connectivity index (χ0n) is 19.5. The van der Waals surface area contributed by atoms with Crippen LogP contribution < -0.4 is 4.90 Å². The van der Waals surface area contributed by atoms with Crippen LogP contribution in [0.4, 0.5) is 5.69 Å². The third kappa shape index (κ3) is 2.87. The standard InChI is InChI=1S/C31H20BrNO4/c32-20-13-14-23-19(17-20)12-15-25-31(29(35)21-9-4-5-10-22(21)30(31)36)26(24-11-6-16-37-24)27(33(23)25)28(34)18-7-2-1-3-8-18/h1-17,25-27H/t25-,26-,27+/m0/s1. The summed E-state index contributed by atoms with van der Waals surface area (Å²) >= 11 is 3.54. The molecule has 4 aromatic rings. The normalized spacial score (nSPS) is 22.7. The molecule has 3 aromatic carbocycles. The first-order valence-corrected chi connectivity index (χ1v) is 12.9. The lowest BCUT2D eigenvalue weighted by Crippen LogP contribution is -2.48. The van der Waals surface area contributed by atoms with Crippen LogP contribution in [0.5, 0.6) is 0 Å². The van der Waals surface area contributed by atoms with E-state index in [1.807, 2.05) is 53.5 Å². The van der Waals surface area contributed by atoms with Gasteiger partial charge in [-0.05, 0) is 35.9 Å². The van der Waals surface area contributed by atoms with Crippen molar-refractivity contribution in [3.8, 4) is 0 Å². The highest BCUT2D eigenvalue weighted by Crippen LogP contribution is 2.61. The minimum Gasteiger partial charge on any atom is -0.469 e.